The molecule has 2 aromatic heterocycles. The zero-order valence-corrected chi connectivity index (χ0v) is 20.0. The Morgan fingerprint density at radius 1 is 1.27 bits per heavy atom. The van der Waals surface area contributed by atoms with Crippen molar-refractivity contribution >= 4 is 38.3 Å². The van der Waals surface area contributed by atoms with E-state index in [4.69, 9.17) is 4.74 Å². The van der Waals surface area contributed by atoms with Gasteiger partial charge in [0.15, 0.2) is 5.13 Å². The van der Waals surface area contributed by atoms with Crippen LogP contribution in [0.1, 0.15) is 45.6 Å². The fourth-order valence-electron chi connectivity index (χ4n) is 4.07. The quantitative estimate of drug-likeness (QED) is 0.603. The molecule has 1 aromatic carbocycles. The molecule has 2 heterocycles. The summed E-state index contributed by atoms with van der Waals surface area (Å²) in [6, 6.07) is 7.33. The van der Waals surface area contributed by atoms with Crippen LogP contribution in [0, 0.1) is 5.41 Å². The average molecular weight is 467 g/mol. The lowest BCUT2D eigenvalue weighted by molar-refractivity contribution is -0.114. The maximum Gasteiger partial charge on any atom is 0.332 e. The predicted molar refractivity (Wildman–Crippen MR) is 130 cm³/mol. The molecule has 1 aliphatic carbocycles. The Morgan fingerprint density at radius 2 is 2.03 bits per heavy atom. The number of methoxy groups -OCH3 is 1. The van der Waals surface area contributed by atoms with Gasteiger partial charge in [-0.25, -0.2) is 9.78 Å². The van der Waals surface area contributed by atoms with Crippen LogP contribution in [-0.2, 0) is 9.53 Å². The molecule has 0 bridgehead atoms. The van der Waals surface area contributed by atoms with E-state index in [9.17, 15) is 14.4 Å². The highest BCUT2D eigenvalue weighted by molar-refractivity contribution is 7.22. The second-order valence-electron chi connectivity index (χ2n) is 9.03. The van der Waals surface area contributed by atoms with E-state index in [0.717, 1.165) is 32.8 Å². The van der Waals surface area contributed by atoms with Crippen molar-refractivity contribution in [2.75, 3.05) is 12.4 Å². The van der Waals surface area contributed by atoms with Gasteiger partial charge in [0.25, 0.3) is 5.56 Å². The first-order chi connectivity index (χ1) is 15.6. The van der Waals surface area contributed by atoms with Crippen molar-refractivity contribution in [3.05, 3.63) is 74.3 Å². The number of nitrogens with zero attached hydrogens (tertiary/aromatic N) is 2. The van der Waals surface area contributed by atoms with Gasteiger partial charge in [-0.1, -0.05) is 38.2 Å². The van der Waals surface area contributed by atoms with Crippen LogP contribution in [0.2, 0.25) is 0 Å². The number of allylic oxidation sites excluding steroid dienone is 4. The Balaban J connectivity index is 1.85. The highest BCUT2D eigenvalue weighted by atomic mass is 32.1. The number of aromatic amines is 1. The monoisotopic (exact) mass is 466 g/mol. The average Bonchev–Trinajstić information content (AvgIpc) is 3.12. The number of nitrogens with one attached hydrogen (secondary N) is 2. The molecule has 0 radical (unpaired) electrons. The molecule has 3 aromatic rings. The number of H-pyrrole nitrogens is 1. The third-order valence-corrected chi connectivity index (χ3v) is 6.50. The SMILES string of the molecule is COC1=C(C(C)(C)C)C=C(n2ccc(=O)[nH]c2=O)CC1c1ccc2nc(NC(C)=O)sc2c1. The van der Waals surface area contributed by atoms with Gasteiger partial charge in [-0.2, -0.15) is 0 Å². The Morgan fingerprint density at radius 3 is 2.67 bits per heavy atom. The van der Waals surface area contributed by atoms with Crippen molar-refractivity contribution in [2.45, 2.75) is 40.0 Å². The number of benzene rings is 1. The van der Waals surface area contributed by atoms with Crippen LogP contribution >= 0.6 is 11.3 Å². The molecular formula is C24H26N4O4S. The van der Waals surface area contributed by atoms with E-state index in [-0.39, 0.29) is 17.2 Å². The van der Waals surface area contributed by atoms with Gasteiger partial charge in [0.2, 0.25) is 5.91 Å². The number of anilines is 1. The van der Waals surface area contributed by atoms with Crippen molar-refractivity contribution < 1.29 is 9.53 Å². The number of rotatable bonds is 4. The topological polar surface area (TPSA) is 106 Å². The van der Waals surface area contributed by atoms with E-state index >= 15 is 0 Å². The number of fused-ring (bicyclic) bond motifs is 1. The van der Waals surface area contributed by atoms with Crippen LogP contribution in [0.15, 0.2) is 57.5 Å². The third kappa shape index (κ3) is 4.54. The lowest BCUT2D eigenvalue weighted by atomic mass is 9.76. The maximum atomic E-state index is 12.5. The number of carbonyl (C=O) groups excluding carboxylic acids is 1. The summed E-state index contributed by atoms with van der Waals surface area (Å²) in [6.07, 6.45) is 4.00. The molecule has 2 N–H and O–H groups in total. The summed E-state index contributed by atoms with van der Waals surface area (Å²) in [5.74, 6) is 0.538. The first-order valence-corrected chi connectivity index (χ1v) is 11.4. The lowest BCUT2D eigenvalue weighted by Gasteiger charge is -2.33. The molecule has 33 heavy (non-hydrogen) atoms. The second kappa shape index (κ2) is 8.47. The van der Waals surface area contributed by atoms with E-state index < -0.39 is 11.2 Å². The molecule has 172 valence electrons. The fourth-order valence-corrected chi connectivity index (χ4v) is 5.03. The van der Waals surface area contributed by atoms with Gasteiger partial charge < -0.3 is 10.1 Å². The van der Waals surface area contributed by atoms with Crippen molar-refractivity contribution in [1.29, 1.82) is 0 Å². The minimum Gasteiger partial charge on any atom is -0.500 e. The van der Waals surface area contributed by atoms with Crippen LogP contribution in [0.5, 0.6) is 0 Å². The molecule has 0 saturated heterocycles. The van der Waals surface area contributed by atoms with Crippen molar-refractivity contribution in [3.63, 3.8) is 0 Å². The van der Waals surface area contributed by atoms with Gasteiger partial charge >= 0.3 is 5.69 Å². The van der Waals surface area contributed by atoms with Gasteiger partial charge in [-0.15, -0.1) is 0 Å². The summed E-state index contributed by atoms with van der Waals surface area (Å²) in [7, 11) is 1.67. The van der Waals surface area contributed by atoms with E-state index in [1.807, 2.05) is 18.2 Å². The molecule has 0 aliphatic heterocycles. The Labute approximate surface area is 194 Å². The highest BCUT2D eigenvalue weighted by Crippen LogP contribution is 2.45. The van der Waals surface area contributed by atoms with E-state index in [1.165, 1.54) is 35.1 Å². The van der Waals surface area contributed by atoms with Crippen molar-refractivity contribution in [2.24, 2.45) is 5.41 Å². The zero-order valence-electron chi connectivity index (χ0n) is 19.2. The van der Waals surface area contributed by atoms with Gasteiger partial charge in [0, 0.05) is 37.2 Å². The molecule has 0 spiro atoms. The van der Waals surface area contributed by atoms with Crippen LogP contribution in [0.25, 0.3) is 15.9 Å². The van der Waals surface area contributed by atoms with E-state index in [2.05, 4.69) is 42.1 Å². The number of hydrogen-bond donors (Lipinski definition) is 2. The summed E-state index contributed by atoms with van der Waals surface area (Å²) in [5.41, 5.74) is 2.43. The van der Waals surface area contributed by atoms with Gasteiger partial charge in [-0.05, 0) is 34.8 Å². The summed E-state index contributed by atoms with van der Waals surface area (Å²) >= 11 is 1.41. The van der Waals surface area contributed by atoms with E-state index in [0.29, 0.717) is 11.6 Å². The normalized spacial score (nSPS) is 16.6. The van der Waals surface area contributed by atoms with Crippen LogP contribution < -0.4 is 16.6 Å². The largest absolute Gasteiger partial charge is 0.500 e. The molecule has 8 nitrogen and oxygen atoms in total. The fraction of sp³-hybridized carbons (Fsp3) is 0.333. The van der Waals surface area contributed by atoms with Crippen molar-refractivity contribution in [1.82, 2.24) is 14.5 Å². The number of ether oxygens (including phenoxy) is 1. The third-order valence-electron chi connectivity index (χ3n) is 5.57. The van der Waals surface area contributed by atoms with Crippen LogP contribution in [0.3, 0.4) is 0 Å². The highest BCUT2D eigenvalue weighted by Gasteiger charge is 2.32. The summed E-state index contributed by atoms with van der Waals surface area (Å²) in [5, 5.41) is 3.29. The first kappa shape index (κ1) is 22.7. The molecule has 0 fully saturated rings. The molecular weight excluding hydrogens is 440 g/mol. The molecule has 4 rings (SSSR count). The minimum absolute atomic E-state index is 0.140. The summed E-state index contributed by atoms with van der Waals surface area (Å²) in [6.45, 7) is 7.74. The van der Waals surface area contributed by atoms with Gasteiger partial charge in [0.1, 0.15) is 5.76 Å². The smallest absolute Gasteiger partial charge is 0.332 e. The number of thiazole rings is 1. The Hall–Kier alpha value is -3.46. The predicted octanol–water partition coefficient (Wildman–Crippen LogP) is 4.08. The molecule has 9 heteroatoms. The van der Waals surface area contributed by atoms with Crippen LogP contribution in [0.4, 0.5) is 5.13 Å². The van der Waals surface area contributed by atoms with Crippen LogP contribution in [-0.4, -0.2) is 27.6 Å². The number of aromatic nitrogens is 3. The number of hydrogen-bond acceptors (Lipinski definition) is 6. The minimum atomic E-state index is -0.473. The lowest BCUT2D eigenvalue weighted by Crippen LogP contribution is -2.30. The van der Waals surface area contributed by atoms with E-state index in [1.54, 1.807) is 7.11 Å². The second-order valence-corrected chi connectivity index (χ2v) is 10.1. The molecule has 1 atom stereocenters. The molecule has 1 amide bonds. The summed E-state index contributed by atoms with van der Waals surface area (Å²) < 4.78 is 8.35. The first-order valence-electron chi connectivity index (χ1n) is 10.6. The van der Waals surface area contributed by atoms with Crippen molar-refractivity contribution in [3.8, 4) is 0 Å². The summed E-state index contributed by atoms with van der Waals surface area (Å²) in [4.78, 5) is 42.3. The number of amides is 1. The maximum absolute atomic E-state index is 12.5. The van der Waals surface area contributed by atoms with Gasteiger partial charge in [0.05, 0.1) is 17.3 Å². The molecule has 1 unspecified atom stereocenters. The standard InChI is InChI=1S/C24H26N4O4S/c1-13(29)25-22-26-18-7-6-14(10-19(18)33-22)16-11-15(28-9-8-20(30)27-23(28)31)12-17(21(16)32-5)24(2,3)4/h6-10,12,16H,11H2,1-5H3,(H,25,26,29)(H,27,30,31). The zero-order chi connectivity index (χ0) is 23.9. The molecule has 0 saturated carbocycles. The molecule has 1 aliphatic rings. The Bertz CT molecular complexity index is 1420. The number of carbonyl (C=O) groups is 1. The van der Waals surface area contributed by atoms with Gasteiger partial charge in [-0.3, -0.25) is 19.1 Å². The Kier molecular flexibility index (Phi) is 5.84.